The molecule has 3 aromatic rings. The molecular formula is C11H8ClN5S. The van der Waals surface area contributed by atoms with Crippen molar-refractivity contribution >= 4 is 40.2 Å². The number of nitrogens with two attached hydrogens (primary N) is 1. The lowest BCUT2D eigenvalue weighted by atomic mass is 10.3. The van der Waals surface area contributed by atoms with Crippen LogP contribution in [0.1, 0.15) is 0 Å². The summed E-state index contributed by atoms with van der Waals surface area (Å²) in [5.74, 6) is 0.119. The van der Waals surface area contributed by atoms with E-state index in [1.54, 1.807) is 0 Å². The number of nitrogen functional groups attached to an aromatic ring is 1. The smallest absolute Gasteiger partial charge is 0.228 e. The Morgan fingerprint density at radius 3 is 2.78 bits per heavy atom. The number of H-pyrrole nitrogens is 1. The van der Waals surface area contributed by atoms with E-state index < -0.39 is 0 Å². The molecular weight excluding hydrogens is 270 g/mol. The number of benzene rings is 1. The number of rotatable bonds is 2. The monoisotopic (exact) mass is 277 g/mol. The average molecular weight is 278 g/mol. The highest BCUT2D eigenvalue weighted by molar-refractivity contribution is 7.99. The van der Waals surface area contributed by atoms with Crippen molar-refractivity contribution in [3.8, 4) is 0 Å². The minimum Gasteiger partial charge on any atom is -0.368 e. The highest BCUT2D eigenvalue weighted by Crippen LogP contribution is 2.28. The predicted octanol–water partition coefficient (Wildman–Crippen LogP) is 2.74. The van der Waals surface area contributed by atoms with Crippen LogP contribution in [0.4, 0.5) is 5.95 Å². The molecule has 0 atom stereocenters. The fourth-order valence-corrected chi connectivity index (χ4v) is 2.62. The Hall–Kier alpha value is -1.79. The molecule has 2 aromatic heterocycles. The molecule has 0 amide bonds. The van der Waals surface area contributed by atoms with Crippen molar-refractivity contribution in [1.82, 2.24) is 19.9 Å². The van der Waals surface area contributed by atoms with Crippen LogP contribution in [0, 0.1) is 0 Å². The van der Waals surface area contributed by atoms with Gasteiger partial charge < -0.3 is 10.7 Å². The number of nitrogens with one attached hydrogen (secondary N) is 1. The molecule has 0 fully saturated rings. The largest absolute Gasteiger partial charge is 0.368 e. The van der Waals surface area contributed by atoms with Crippen molar-refractivity contribution in [1.29, 1.82) is 0 Å². The number of aromatic amines is 1. The summed E-state index contributed by atoms with van der Waals surface area (Å²) in [6, 6.07) is 10.0. The number of hydrogen-bond acceptors (Lipinski definition) is 5. The summed E-state index contributed by atoms with van der Waals surface area (Å²) in [5, 5.41) is 2.63. The van der Waals surface area contributed by atoms with E-state index in [9.17, 15) is 0 Å². The molecule has 0 aliphatic heterocycles. The second-order valence-corrected chi connectivity index (χ2v) is 4.92. The summed E-state index contributed by atoms with van der Waals surface area (Å²) in [7, 11) is 0. The van der Waals surface area contributed by atoms with Crippen LogP contribution in [-0.2, 0) is 0 Å². The summed E-state index contributed by atoms with van der Waals surface area (Å²) < 4.78 is 0. The first-order valence-corrected chi connectivity index (χ1v) is 6.33. The third kappa shape index (κ3) is 2.25. The van der Waals surface area contributed by atoms with Crippen LogP contribution in [0.3, 0.4) is 0 Å². The molecule has 0 unspecified atom stereocenters. The Labute approximate surface area is 112 Å². The van der Waals surface area contributed by atoms with Crippen molar-refractivity contribution < 1.29 is 0 Å². The minimum atomic E-state index is 0.0983. The van der Waals surface area contributed by atoms with E-state index in [-0.39, 0.29) is 11.2 Å². The molecule has 2 heterocycles. The maximum atomic E-state index is 5.73. The van der Waals surface area contributed by atoms with Gasteiger partial charge in [-0.1, -0.05) is 18.2 Å². The van der Waals surface area contributed by atoms with Crippen molar-refractivity contribution in [3.05, 3.63) is 35.6 Å². The first-order chi connectivity index (χ1) is 8.70. The summed E-state index contributed by atoms with van der Waals surface area (Å²) in [6.45, 7) is 0. The van der Waals surface area contributed by atoms with Crippen LogP contribution in [-0.4, -0.2) is 19.9 Å². The quantitative estimate of drug-likeness (QED) is 0.753. The third-order valence-corrected chi connectivity index (χ3v) is 3.29. The number of halogens is 1. The maximum Gasteiger partial charge on any atom is 0.228 e. The van der Waals surface area contributed by atoms with Gasteiger partial charge >= 0.3 is 0 Å². The summed E-state index contributed by atoms with van der Waals surface area (Å²) in [5.41, 5.74) is 6.58. The fraction of sp³-hybridized carbons (Fsp3) is 0. The molecule has 3 rings (SSSR count). The maximum absolute atomic E-state index is 5.73. The van der Waals surface area contributed by atoms with E-state index in [4.69, 9.17) is 17.3 Å². The van der Waals surface area contributed by atoms with E-state index >= 15 is 0 Å². The highest BCUT2D eigenvalue weighted by atomic mass is 35.5. The van der Waals surface area contributed by atoms with Crippen LogP contribution in [0.15, 0.2) is 40.5 Å². The van der Waals surface area contributed by atoms with Gasteiger partial charge in [-0.2, -0.15) is 15.0 Å². The van der Waals surface area contributed by atoms with Gasteiger partial charge in [-0.3, -0.25) is 0 Å². The molecule has 0 saturated carbocycles. The van der Waals surface area contributed by atoms with Gasteiger partial charge in [-0.15, -0.1) is 0 Å². The normalized spacial score (nSPS) is 10.9. The van der Waals surface area contributed by atoms with Crippen molar-refractivity contribution in [2.24, 2.45) is 0 Å². The lowest BCUT2D eigenvalue weighted by molar-refractivity contribution is 0.915. The fourth-order valence-electron chi connectivity index (χ4n) is 1.59. The zero-order valence-corrected chi connectivity index (χ0v) is 10.7. The molecule has 0 saturated heterocycles. The molecule has 5 nitrogen and oxygen atoms in total. The average Bonchev–Trinajstić information content (AvgIpc) is 2.69. The first kappa shape index (κ1) is 11.3. The van der Waals surface area contributed by atoms with E-state index in [2.05, 4.69) is 19.9 Å². The molecule has 1 aromatic carbocycles. The zero-order chi connectivity index (χ0) is 12.5. The number of aromatic nitrogens is 4. The van der Waals surface area contributed by atoms with Crippen molar-refractivity contribution in [2.75, 3.05) is 5.73 Å². The van der Waals surface area contributed by atoms with Crippen molar-refractivity contribution in [2.45, 2.75) is 10.2 Å². The molecule has 0 aliphatic rings. The number of fused-ring (bicyclic) bond motifs is 1. The Morgan fingerprint density at radius 1 is 1.17 bits per heavy atom. The zero-order valence-electron chi connectivity index (χ0n) is 9.09. The third-order valence-electron chi connectivity index (χ3n) is 2.31. The van der Waals surface area contributed by atoms with E-state index in [1.807, 2.05) is 30.3 Å². The van der Waals surface area contributed by atoms with Gasteiger partial charge in [0.15, 0.2) is 5.16 Å². The summed E-state index contributed by atoms with van der Waals surface area (Å²) in [4.78, 5) is 15.0. The molecule has 0 radical (unpaired) electrons. The lowest BCUT2D eigenvalue weighted by Crippen LogP contribution is -1.98. The summed E-state index contributed by atoms with van der Waals surface area (Å²) >= 11 is 7.09. The molecule has 7 heteroatoms. The van der Waals surface area contributed by atoms with Gasteiger partial charge in [0.05, 0.1) is 5.03 Å². The van der Waals surface area contributed by atoms with Gasteiger partial charge in [0.25, 0.3) is 0 Å². The van der Waals surface area contributed by atoms with E-state index in [1.165, 1.54) is 11.8 Å². The number of hydrogen-bond donors (Lipinski definition) is 2. The van der Waals surface area contributed by atoms with Crippen LogP contribution >= 0.6 is 23.4 Å². The second kappa shape index (κ2) is 4.47. The topological polar surface area (TPSA) is 80.5 Å². The lowest BCUT2D eigenvalue weighted by Gasteiger charge is -1.98. The predicted molar refractivity (Wildman–Crippen MR) is 71.7 cm³/mol. The first-order valence-electron chi connectivity index (χ1n) is 5.13. The van der Waals surface area contributed by atoms with Gasteiger partial charge in [0.2, 0.25) is 11.2 Å². The molecule has 0 spiro atoms. The SMILES string of the molecule is Nc1nc(Cl)nc(Sc2cc3ccccc3[nH]2)n1. The van der Waals surface area contributed by atoms with E-state index in [0.717, 1.165) is 15.9 Å². The van der Waals surface area contributed by atoms with Crippen LogP contribution < -0.4 is 5.73 Å². The molecule has 3 N–H and O–H groups in total. The standard InChI is InChI=1S/C11H8ClN5S/c12-9-15-10(13)17-11(16-9)18-8-5-6-3-1-2-4-7(6)14-8/h1-5,14H,(H2,13,15,16,17). The van der Waals surface area contributed by atoms with Crippen LogP contribution in [0.5, 0.6) is 0 Å². The minimum absolute atomic E-state index is 0.0983. The molecule has 90 valence electrons. The Morgan fingerprint density at radius 2 is 2.00 bits per heavy atom. The van der Waals surface area contributed by atoms with Gasteiger partial charge in [-0.05, 0) is 35.5 Å². The van der Waals surface area contributed by atoms with Crippen LogP contribution in [0.2, 0.25) is 5.28 Å². The second-order valence-electron chi connectivity index (χ2n) is 3.57. The number of para-hydroxylation sites is 1. The van der Waals surface area contributed by atoms with Crippen LogP contribution in [0.25, 0.3) is 10.9 Å². The molecule has 0 aliphatic carbocycles. The highest BCUT2D eigenvalue weighted by Gasteiger charge is 2.07. The Kier molecular flexibility index (Phi) is 2.81. The van der Waals surface area contributed by atoms with Gasteiger partial charge in [-0.25, -0.2) is 0 Å². The van der Waals surface area contributed by atoms with E-state index in [0.29, 0.717) is 5.16 Å². The Balaban J connectivity index is 1.96. The van der Waals surface area contributed by atoms with Gasteiger partial charge in [0.1, 0.15) is 0 Å². The van der Waals surface area contributed by atoms with Crippen molar-refractivity contribution in [3.63, 3.8) is 0 Å². The Bertz CT molecular complexity index is 658. The van der Waals surface area contributed by atoms with Gasteiger partial charge in [0, 0.05) is 10.9 Å². The number of anilines is 1. The molecule has 18 heavy (non-hydrogen) atoms. The summed E-state index contributed by atoms with van der Waals surface area (Å²) in [6.07, 6.45) is 0. The molecule has 0 bridgehead atoms. The number of nitrogens with zero attached hydrogens (tertiary/aromatic N) is 3.